The lowest BCUT2D eigenvalue weighted by Gasteiger charge is -2.09. The van der Waals surface area contributed by atoms with Crippen LogP contribution in [0.15, 0.2) is 30.5 Å². The second-order valence-corrected chi connectivity index (χ2v) is 4.97. The maximum absolute atomic E-state index is 5.98. The first-order valence-corrected chi connectivity index (χ1v) is 7.11. The number of hydrogen-bond donors (Lipinski definition) is 2. The molecule has 0 atom stereocenters. The summed E-state index contributed by atoms with van der Waals surface area (Å²) in [5.74, 6) is 2.56. The Morgan fingerprint density at radius 1 is 1.20 bits per heavy atom. The van der Waals surface area contributed by atoms with Crippen molar-refractivity contribution in [3.63, 3.8) is 0 Å². The van der Waals surface area contributed by atoms with Crippen LogP contribution in [0.4, 0.5) is 5.69 Å². The van der Waals surface area contributed by atoms with Crippen LogP contribution < -0.4 is 10.6 Å². The van der Waals surface area contributed by atoms with Gasteiger partial charge in [-0.05, 0) is 43.7 Å². The van der Waals surface area contributed by atoms with Gasteiger partial charge in [0, 0.05) is 28.8 Å². The van der Waals surface area contributed by atoms with Gasteiger partial charge < -0.3 is 10.6 Å². The van der Waals surface area contributed by atoms with Crippen LogP contribution in [0.25, 0.3) is 10.9 Å². The van der Waals surface area contributed by atoms with E-state index in [1.165, 1.54) is 0 Å². The van der Waals surface area contributed by atoms with Gasteiger partial charge in [-0.25, -0.2) is 0 Å². The number of unbranched alkanes of at least 4 members (excludes halogenated alkanes) is 1. The molecule has 0 aliphatic rings. The van der Waals surface area contributed by atoms with E-state index in [1.54, 1.807) is 6.20 Å². The zero-order valence-corrected chi connectivity index (χ0v) is 12.1. The third kappa shape index (κ3) is 4.12. The smallest absolute Gasteiger partial charge is 0.0737 e. The van der Waals surface area contributed by atoms with Crippen molar-refractivity contribution in [3.05, 3.63) is 35.5 Å². The number of nitrogens with one attached hydrogen (secondary N) is 2. The van der Waals surface area contributed by atoms with Crippen molar-refractivity contribution in [2.75, 3.05) is 25.0 Å². The number of benzene rings is 1. The standard InChI is InChI=1S/C16H18ClN3/c1-2-8-18-9-3-4-10-19-15-7-11-20-16-12-13(17)5-6-14(15)16/h1,5-7,11-12,18H,3-4,8-10H2,(H,19,20). The summed E-state index contributed by atoms with van der Waals surface area (Å²) in [5.41, 5.74) is 2.02. The maximum Gasteiger partial charge on any atom is 0.0737 e. The third-order valence-electron chi connectivity index (χ3n) is 3.03. The summed E-state index contributed by atoms with van der Waals surface area (Å²) < 4.78 is 0. The summed E-state index contributed by atoms with van der Waals surface area (Å²) in [4.78, 5) is 4.33. The van der Waals surface area contributed by atoms with Crippen molar-refractivity contribution >= 4 is 28.2 Å². The molecular formula is C16H18ClN3. The van der Waals surface area contributed by atoms with Gasteiger partial charge in [0.15, 0.2) is 0 Å². The second-order valence-electron chi connectivity index (χ2n) is 4.53. The molecule has 0 aliphatic heterocycles. The summed E-state index contributed by atoms with van der Waals surface area (Å²) in [5, 5.41) is 8.44. The van der Waals surface area contributed by atoms with Crippen LogP contribution in [-0.2, 0) is 0 Å². The minimum absolute atomic E-state index is 0.642. The van der Waals surface area contributed by atoms with Gasteiger partial charge in [-0.3, -0.25) is 4.98 Å². The fourth-order valence-corrected chi connectivity index (χ4v) is 2.20. The molecule has 0 amide bonds. The quantitative estimate of drug-likeness (QED) is 0.606. The highest BCUT2D eigenvalue weighted by Crippen LogP contribution is 2.24. The monoisotopic (exact) mass is 287 g/mol. The molecule has 2 N–H and O–H groups in total. The minimum atomic E-state index is 0.642. The number of halogens is 1. The van der Waals surface area contributed by atoms with E-state index in [4.69, 9.17) is 18.0 Å². The van der Waals surface area contributed by atoms with Gasteiger partial charge in [0.2, 0.25) is 0 Å². The zero-order chi connectivity index (χ0) is 14.2. The summed E-state index contributed by atoms with van der Waals surface area (Å²) in [6.45, 7) is 2.53. The van der Waals surface area contributed by atoms with E-state index in [2.05, 4.69) is 21.5 Å². The van der Waals surface area contributed by atoms with Crippen LogP contribution in [0.1, 0.15) is 12.8 Å². The van der Waals surface area contributed by atoms with Gasteiger partial charge in [0.05, 0.1) is 12.1 Å². The van der Waals surface area contributed by atoms with E-state index < -0.39 is 0 Å². The average Bonchev–Trinajstić information content (AvgIpc) is 2.46. The Bertz CT molecular complexity index is 604. The van der Waals surface area contributed by atoms with Crippen LogP contribution >= 0.6 is 11.6 Å². The molecule has 104 valence electrons. The number of fused-ring (bicyclic) bond motifs is 1. The van der Waals surface area contributed by atoms with Crippen LogP contribution in [0.3, 0.4) is 0 Å². The number of nitrogens with zero attached hydrogens (tertiary/aromatic N) is 1. The Morgan fingerprint density at radius 3 is 2.90 bits per heavy atom. The van der Waals surface area contributed by atoms with Crippen LogP contribution in [0.5, 0.6) is 0 Å². The molecule has 2 aromatic rings. The van der Waals surface area contributed by atoms with Crippen molar-refractivity contribution in [3.8, 4) is 12.3 Å². The molecule has 0 unspecified atom stereocenters. The fraction of sp³-hybridized carbons (Fsp3) is 0.312. The van der Waals surface area contributed by atoms with Gasteiger partial charge in [-0.2, -0.15) is 0 Å². The molecule has 0 fully saturated rings. The molecule has 0 radical (unpaired) electrons. The molecule has 0 aliphatic carbocycles. The van der Waals surface area contributed by atoms with E-state index in [1.807, 2.05) is 24.3 Å². The van der Waals surface area contributed by atoms with Crippen LogP contribution in [-0.4, -0.2) is 24.6 Å². The molecule has 4 heteroatoms. The van der Waals surface area contributed by atoms with Gasteiger partial charge in [0.25, 0.3) is 0 Å². The molecular weight excluding hydrogens is 270 g/mol. The van der Waals surface area contributed by atoms with E-state index in [-0.39, 0.29) is 0 Å². The highest BCUT2D eigenvalue weighted by atomic mass is 35.5. The summed E-state index contributed by atoms with van der Waals surface area (Å²) in [6.07, 6.45) is 9.16. The largest absolute Gasteiger partial charge is 0.384 e. The minimum Gasteiger partial charge on any atom is -0.384 e. The van der Waals surface area contributed by atoms with Crippen molar-refractivity contribution < 1.29 is 0 Å². The lowest BCUT2D eigenvalue weighted by atomic mass is 10.2. The van der Waals surface area contributed by atoms with Crippen molar-refractivity contribution in [2.24, 2.45) is 0 Å². The topological polar surface area (TPSA) is 37.0 Å². The molecule has 0 saturated heterocycles. The molecule has 1 aromatic heterocycles. The maximum atomic E-state index is 5.98. The van der Waals surface area contributed by atoms with Crippen molar-refractivity contribution in [2.45, 2.75) is 12.8 Å². The molecule has 0 spiro atoms. The third-order valence-corrected chi connectivity index (χ3v) is 3.26. The number of rotatable bonds is 7. The average molecular weight is 288 g/mol. The number of aromatic nitrogens is 1. The predicted octanol–water partition coefficient (Wildman–Crippen LogP) is 3.30. The van der Waals surface area contributed by atoms with Gasteiger partial charge in [-0.15, -0.1) is 6.42 Å². The molecule has 0 saturated carbocycles. The molecule has 1 aromatic carbocycles. The fourth-order valence-electron chi connectivity index (χ4n) is 2.03. The van der Waals surface area contributed by atoms with Crippen LogP contribution in [0.2, 0.25) is 5.02 Å². The summed E-state index contributed by atoms with van der Waals surface area (Å²) >= 11 is 5.98. The van der Waals surface area contributed by atoms with E-state index in [9.17, 15) is 0 Å². The SMILES string of the molecule is C#CCNCCCCNc1ccnc2cc(Cl)ccc12. The number of terminal acetylenes is 1. The van der Waals surface area contributed by atoms with Crippen LogP contribution in [0, 0.1) is 12.3 Å². The Balaban J connectivity index is 1.86. The van der Waals surface area contributed by atoms with Gasteiger partial charge in [0.1, 0.15) is 0 Å². The summed E-state index contributed by atoms with van der Waals surface area (Å²) in [6, 6.07) is 7.76. The summed E-state index contributed by atoms with van der Waals surface area (Å²) in [7, 11) is 0. The Hall–Kier alpha value is -1.76. The number of pyridine rings is 1. The first kappa shape index (κ1) is 14.6. The Labute approximate surface area is 124 Å². The lowest BCUT2D eigenvalue weighted by molar-refractivity contribution is 0.674. The van der Waals surface area contributed by atoms with E-state index >= 15 is 0 Å². The predicted molar refractivity (Wildman–Crippen MR) is 86.2 cm³/mol. The van der Waals surface area contributed by atoms with E-state index in [0.717, 1.165) is 42.5 Å². The van der Waals surface area contributed by atoms with E-state index in [0.29, 0.717) is 11.6 Å². The number of anilines is 1. The first-order valence-electron chi connectivity index (χ1n) is 6.73. The molecule has 2 rings (SSSR count). The normalized spacial score (nSPS) is 10.4. The Kier molecular flexibility index (Phi) is 5.67. The molecule has 1 heterocycles. The molecule has 0 bridgehead atoms. The zero-order valence-electron chi connectivity index (χ0n) is 11.3. The first-order chi connectivity index (χ1) is 9.81. The Morgan fingerprint density at radius 2 is 2.05 bits per heavy atom. The lowest BCUT2D eigenvalue weighted by Crippen LogP contribution is -2.16. The van der Waals surface area contributed by atoms with Crippen molar-refractivity contribution in [1.29, 1.82) is 0 Å². The number of hydrogen-bond acceptors (Lipinski definition) is 3. The highest BCUT2D eigenvalue weighted by Gasteiger charge is 2.01. The molecule has 3 nitrogen and oxygen atoms in total. The van der Waals surface area contributed by atoms with Gasteiger partial charge in [-0.1, -0.05) is 17.5 Å². The second kappa shape index (κ2) is 7.74. The van der Waals surface area contributed by atoms with Gasteiger partial charge >= 0.3 is 0 Å². The highest BCUT2D eigenvalue weighted by molar-refractivity contribution is 6.31. The van der Waals surface area contributed by atoms with Crippen molar-refractivity contribution in [1.82, 2.24) is 10.3 Å². The molecule has 20 heavy (non-hydrogen) atoms.